The molecule has 2 aromatic rings. The van der Waals surface area contributed by atoms with Gasteiger partial charge in [-0.1, -0.05) is 37.6 Å². The maximum atomic E-state index is 13.0. The van der Waals surface area contributed by atoms with E-state index in [0.29, 0.717) is 24.7 Å². The van der Waals surface area contributed by atoms with Gasteiger partial charge in [0.2, 0.25) is 10.0 Å². The molecule has 0 atom stereocenters. The molecule has 1 heterocycles. The summed E-state index contributed by atoms with van der Waals surface area (Å²) in [5, 5.41) is 3.08. The quantitative estimate of drug-likeness (QED) is 0.617. The Balaban J connectivity index is 1.86. The Labute approximate surface area is 181 Å². The first-order valence-electron chi connectivity index (χ1n) is 9.65. The van der Waals surface area contributed by atoms with E-state index in [2.05, 4.69) is 12.2 Å². The Morgan fingerprint density at radius 3 is 2.59 bits per heavy atom. The van der Waals surface area contributed by atoms with E-state index in [1.54, 1.807) is 11.8 Å². The molecule has 1 aliphatic heterocycles. The number of halogens is 1. The van der Waals surface area contributed by atoms with Gasteiger partial charge in [0.05, 0.1) is 21.2 Å². The second kappa shape index (κ2) is 9.51. The Morgan fingerprint density at radius 1 is 1.21 bits per heavy atom. The number of nitrogens with zero attached hydrogens (tertiary/aromatic N) is 1. The number of hydrogen-bond acceptors (Lipinski definition) is 4. The largest absolute Gasteiger partial charge is 0.321 e. The lowest BCUT2D eigenvalue weighted by Gasteiger charge is -2.29. The van der Waals surface area contributed by atoms with Crippen molar-refractivity contribution in [3.8, 4) is 0 Å². The highest BCUT2D eigenvalue weighted by Crippen LogP contribution is 2.29. The Hall–Kier alpha value is -1.54. The Kier molecular flexibility index (Phi) is 7.27. The predicted octanol–water partition coefficient (Wildman–Crippen LogP) is 5.12. The molecule has 1 aliphatic rings. The van der Waals surface area contributed by atoms with Crippen LogP contribution in [0.3, 0.4) is 0 Å². The molecule has 0 unspecified atom stereocenters. The summed E-state index contributed by atoms with van der Waals surface area (Å²) in [5.74, 6) is 0.966. The van der Waals surface area contributed by atoms with Gasteiger partial charge < -0.3 is 5.32 Å². The van der Waals surface area contributed by atoms with Crippen molar-refractivity contribution >= 4 is 45.0 Å². The van der Waals surface area contributed by atoms with Gasteiger partial charge in [-0.15, -0.1) is 11.8 Å². The van der Waals surface area contributed by atoms with Crippen LogP contribution < -0.4 is 5.32 Å². The fourth-order valence-corrected chi connectivity index (χ4v) is 5.71. The molecule has 0 spiro atoms. The molecule has 0 radical (unpaired) electrons. The van der Waals surface area contributed by atoms with Crippen molar-refractivity contribution in [2.45, 2.75) is 36.5 Å². The van der Waals surface area contributed by atoms with Gasteiger partial charge >= 0.3 is 0 Å². The lowest BCUT2D eigenvalue weighted by atomic mass is 10.0. The number of rotatable bonds is 6. The molecule has 1 saturated heterocycles. The van der Waals surface area contributed by atoms with Gasteiger partial charge in [-0.3, -0.25) is 4.79 Å². The van der Waals surface area contributed by atoms with Crippen LogP contribution >= 0.6 is 23.4 Å². The van der Waals surface area contributed by atoms with Crippen LogP contribution in [0.25, 0.3) is 0 Å². The van der Waals surface area contributed by atoms with Crippen molar-refractivity contribution < 1.29 is 13.2 Å². The maximum absolute atomic E-state index is 13.0. The molecule has 2 aromatic carbocycles. The minimum atomic E-state index is -3.66. The standard InChI is InChI=1S/C21H25ClN2O3S2/c1-3-28-20-7-5-4-6-19(20)23-21(25)17-14-16(8-9-18(17)22)29(26,27)24-12-10-15(2)11-13-24/h4-9,14-15H,3,10-13H2,1-2H3,(H,23,25). The highest BCUT2D eigenvalue weighted by molar-refractivity contribution is 7.99. The third kappa shape index (κ3) is 5.15. The van der Waals surface area contributed by atoms with E-state index in [1.165, 1.54) is 22.5 Å². The number of nitrogens with one attached hydrogen (secondary N) is 1. The van der Waals surface area contributed by atoms with Crippen LogP contribution in [-0.4, -0.2) is 37.5 Å². The van der Waals surface area contributed by atoms with Gasteiger partial charge in [0, 0.05) is 18.0 Å². The van der Waals surface area contributed by atoms with Crippen LogP contribution in [-0.2, 0) is 10.0 Å². The van der Waals surface area contributed by atoms with Gasteiger partial charge in [0.25, 0.3) is 5.91 Å². The number of carbonyl (C=O) groups is 1. The number of carbonyl (C=O) groups excluding carboxylic acids is 1. The maximum Gasteiger partial charge on any atom is 0.257 e. The smallest absolute Gasteiger partial charge is 0.257 e. The van der Waals surface area contributed by atoms with Crippen LogP contribution in [0.4, 0.5) is 5.69 Å². The molecule has 3 rings (SSSR count). The number of hydrogen-bond donors (Lipinski definition) is 1. The average Bonchev–Trinajstić information content (AvgIpc) is 2.70. The minimum Gasteiger partial charge on any atom is -0.321 e. The summed E-state index contributed by atoms with van der Waals surface area (Å²) >= 11 is 7.86. The van der Waals surface area contributed by atoms with Crippen molar-refractivity contribution in [3.63, 3.8) is 0 Å². The third-order valence-corrected chi connectivity index (χ3v) is 8.18. The van der Waals surface area contributed by atoms with Crippen molar-refractivity contribution in [1.82, 2.24) is 4.31 Å². The molecule has 0 aromatic heterocycles. The van der Waals surface area contributed by atoms with E-state index >= 15 is 0 Å². The number of amides is 1. The number of anilines is 1. The molecular weight excluding hydrogens is 428 g/mol. The van der Waals surface area contributed by atoms with Crippen LogP contribution in [0.1, 0.15) is 37.0 Å². The van der Waals surface area contributed by atoms with E-state index < -0.39 is 15.9 Å². The van der Waals surface area contributed by atoms with E-state index in [-0.39, 0.29) is 15.5 Å². The van der Waals surface area contributed by atoms with Gasteiger partial charge in [0.1, 0.15) is 0 Å². The lowest BCUT2D eigenvalue weighted by Crippen LogP contribution is -2.37. The summed E-state index contributed by atoms with van der Waals surface area (Å²) in [6.07, 6.45) is 1.68. The summed E-state index contributed by atoms with van der Waals surface area (Å²) in [5.41, 5.74) is 0.827. The third-order valence-electron chi connectivity index (χ3n) is 5.00. The molecule has 1 N–H and O–H groups in total. The van der Waals surface area contributed by atoms with Crippen molar-refractivity contribution in [2.75, 3.05) is 24.2 Å². The minimum absolute atomic E-state index is 0.0952. The Bertz CT molecular complexity index is 987. The van der Waals surface area contributed by atoms with Gasteiger partial charge in [-0.2, -0.15) is 4.31 Å². The van der Waals surface area contributed by atoms with Crippen molar-refractivity contribution in [1.29, 1.82) is 0 Å². The number of piperidine rings is 1. The topological polar surface area (TPSA) is 66.5 Å². The first kappa shape index (κ1) is 22.2. The first-order valence-corrected chi connectivity index (χ1v) is 12.5. The molecule has 156 valence electrons. The van der Waals surface area contributed by atoms with Gasteiger partial charge in [-0.25, -0.2) is 8.42 Å². The SMILES string of the molecule is CCSc1ccccc1NC(=O)c1cc(S(=O)(=O)N2CCC(C)CC2)ccc1Cl. The monoisotopic (exact) mass is 452 g/mol. The summed E-state index contributed by atoms with van der Waals surface area (Å²) in [6.45, 7) is 5.16. The summed E-state index contributed by atoms with van der Waals surface area (Å²) in [4.78, 5) is 13.9. The molecule has 29 heavy (non-hydrogen) atoms. The van der Waals surface area contributed by atoms with E-state index in [1.807, 2.05) is 31.2 Å². The van der Waals surface area contributed by atoms with Crippen molar-refractivity contribution in [2.24, 2.45) is 5.92 Å². The van der Waals surface area contributed by atoms with E-state index in [4.69, 9.17) is 11.6 Å². The van der Waals surface area contributed by atoms with Crippen LogP contribution in [0.5, 0.6) is 0 Å². The first-order chi connectivity index (χ1) is 13.8. The van der Waals surface area contributed by atoms with Crippen LogP contribution in [0.2, 0.25) is 5.02 Å². The van der Waals surface area contributed by atoms with Crippen molar-refractivity contribution in [3.05, 3.63) is 53.1 Å². The van der Waals surface area contributed by atoms with E-state index in [9.17, 15) is 13.2 Å². The summed E-state index contributed by atoms with van der Waals surface area (Å²) in [7, 11) is -3.66. The molecule has 8 heteroatoms. The molecule has 0 aliphatic carbocycles. The lowest BCUT2D eigenvalue weighted by molar-refractivity contribution is 0.102. The zero-order chi connectivity index (χ0) is 21.0. The van der Waals surface area contributed by atoms with E-state index in [0.717, 1.165) is 23.5 Å². The molecule has 5 nitrogen and oxygen atoms in total. The fourth-order valence-electron chi connectivity index (χ4n) is 3.25. The molecule has 0 saturated carbocycles. The van der Waals surface area contributed by atoms with Gasteiger partial charge in [-0.05, 0) is 54.8 Å². The highest BCUT2D eigenvalue weighted by atomic mass is 35.5. The normalized spacial score (nSPS) is 16.0. The highest BCUT2D eigenvalue weighted by Gasteiger charge is 2.29. The molecule has 0 bridgehead atoms. The number of thioether (sulfide) groups is 1. The second-order valence-corrected chi connectivity index (χ2v) is 10.8. The fraction of sp³-hybridized carbons (Fsp3) is 0.381. The number of sulfonamides is 1. The zero-order valence-electron chi connectivity index (χ0n) is 16.5. The zero-order valence-corrected chi connectivity index (χ0v) is 18.9. The number of benzene rings is 2. The predicted molar refractivity (Wildman–Crippen MR) is 119 cm³/mol. The second-order valence-electron chi connectivity index (χ2n) is 7.11. The van der Waals surface area contributed by atoms with Gasteiger partial charge in [0.15, 0.2) is 0 Å². The number of para-hydroxylation sites is 1. The average molecular weight is 453 g/mol. The van der Waals surface area contributed by atoms with Crippen LogP contribution in [0, 0.1) is 5.92 Å². The molecular formula is C21H25ClN2O3S2. The molecule has 1 amide bonds. The van der Waals surface area contributed by atoms with Crippen LogP contribution in [0.15, 0.2) is 52.3 Å². The molecule has 1 fully saturated rings. The summed E-state index contributed by atoms with van der Waals surface area (Å²) in [6, 6.07) is 11.8. The Morgan fingerprint density at radius 2 is 1.90 bits per heavy atom. The summed E-state index contributed by atoms with van der Waals surface area (Å²) < 4.78 is 27.5.